The normalized spacial score (nSPS) is 14.5. The second-order valence-electron chi connectivity index (χ2n) is 14.0. The molecule has 1 aliphatic carbocycles. The summed E-state index contributed by atoms with van der Waals surface area (Å²) in [6, 6.07) is 18.6. The summed E-state index contributed by atoms with van der Waals surface area (Å²) in [4.78, 5) is 35.3. The van der Waals surface area contributed by atoms with E-state index in [4.69, 9.17) is 10.5 Å². The van der Waals surface area contributed by atoms with Crippen LogP contribution in [0.4, 0.5) is 24.8 Å². The first kappa shape index (κ1) is 37.7. The maximum atomic E-state index is 13.6. The first-order chi connectivity index (χ1) is 25.4. The average molecular weight is 754 g/mol. The van der Waals surface area contributed by atoms with Gasteiger partial charge in [0, 0.05) is 50.1 Å². The molecular weight excluding hydrogens is 714 g/mol. The maximum Gasteiger partial charge on any atom is 0.433 e. The number of rotatable bonds is 9. The fourth-order valence-electron chi connectivity index (χ4n) is 6.61. The van der Waals surface area contributed by atoms with E-state index >= 15 is 0 Å². The van der Waals surface area contributed by atoms with Crippen molar-refractivity contribution in [2.75, 3.05) is 38.8 Å². The lowest BCUT2D eigenvalue weighted by atomic mass is 9.86. The number of nitrogen functional groups attached to an aromatic ring is 1. The van der Waals surface area contributed by atoms with Crippen LogP contribution in [0.2, 0.25) is 13.1 Å². The Kier molecular flexibility index (Phi) is 10.1. The molecule has 0 atom stereocenters. The van der Waals surface area contributed by atoms with Gasteiger partial charge in [-0.2, -0.15) is 18.2 Å². The molecule has 0 radical (unpaired) electrons. The van der Waals surface area contributed by atoms with Crippen molar-refractivity contribution in [2.45, 2.75) is 32.4 Å². The number of carbonyl (C=O) groups excluding carboxylic acids is 1. The van der Waals surface area contributed by atoms with Crippen LogP contribution in [0.15, 0.2) is 95.7 Å². The van der Waals surface area contributed by atoms with E-state index < -0.39 is 31.9 Å². The van der Waals surface area contributed by atoms with Crippen LogP contribution in [0, 0.1) is 0 Å². The standard InChI is InChI=1S/C40H39F3N6O4Si/c1-48(2)26-12-15-29-32(18-26)54(5,6)33-19-27(49(3)4)13-16-30(33)36(29)31-17-25(11-14-28(31)38(51)52)37(50)45-21-23-7-9-24(10-8-23)22-53-35-20-34(40(41,42)43)46-39(44)47-35/h7-20H,21-22H2,1-6H3,(H3-,44,45,46,47,50,51,52)/p+1. The maximum absolute atomic E-state index is 13.6. The number of hydrogen-bond acceptors (Lipinski definition) is 7. The van der Waals surface area contributed by atoms with Crippen LogP contribution < -0.4 is 25.9 Å². The predicted octanol–water partition coefficient (Wildman–Crippen LogP) is 5.83. The second-order valence-corrected chi connectivity index (χ2v) is 18.4. The van der Waals surface area contributed by atoms with Crippen LogP contribution in [0.5, 0.6) is 5.88 Å². The molecule has 4 aromatic rings. The summed E-state index contributed by atoms with van der Waals surface area (Å²) >= 11 is 0. The number of carbonyl (C=O) groups is 2. The van der Waals surface area contributed by atoms with Gasteiger partial charge >= 0.3 is 12.1 Å². The Bertz CT molecular complexity index is 2310. The van der Waals surface area contributed by atoms with Crippen molar-refractivity contribution in [1.82, 2.24) is 15.3 Å². The highest BCUT2D eigenvalue weighted by molar-refractivity contribution is 6.98. The largest absolute Gasteiger partial charge is 0.478 e. The molecule has 1 aromatic heterocycles. The van der Waals surface area contributed by atoms with E-state index in [2.05, 4.69) is 62.1 Å². The van der Waals surface area contributed by atoms with Gasteiger partial charge in [-0.1, -0.05) is 43.4 Å². The monoisotopic (exact) mass is 753 g/mol. The van der Waals surface area contributed by atoms with Gasteiger partial charge in [-0.05, 0) is 80.2 Å². The van der Waals surface area contributed by atoms with Gasteiger partial charge in [-0.15, -0.1) is 0 Å². The molecule has 3 aromatic carbocycles. The number of aromatic nitrogens is 2. The lowest BCUT2D eigenvalue weighted by Crippen LogP contribution is -2.49. The minimum absolute atomic E-state index is 0.0726. The number of nitrogens with one attached hydrogen (secondary N) is 1. The van der Waals surface area contributed by atoms with E-state index in [0.29, 0.717) is 22.8 Å². The van der Waals surface area contributed by atoms with Gasteiger partial charge in [-0.25, -0.2) is 14.4 Å². The Morgan fingerprint density at radius 2 is 1.65 bits per heavy atom. The summed E-state index contributed by atoms with van der Waals surface area (Å²) in [5.74, 6) is -2.34. The lowest BCUT2D eigenvalue weighted by Gasteiger charge is -2.38. The van der Waals surface area contributed by atoms with Crippen molar-refractivity contribution < 1.29 is 37.2 Å². The Morgan fingerprint density at radius 1 is 0.944 bits per heavy atom. The van der Waals surface area contributed by atoms with Crippen molar-refractivity contribution in [3.63, 3.8) is 0 Å². The van der Waals surface area contributed by atoms with Crippen LogP contribution in [0.3, 0.4) is 0 Å². The van der Waals surface area contributed by atoms with Crippen molar-refractivity contribution in [1.29, 1.82) is 0 Å². The van der Waals surface area contributed by atoms with Gasteiger partial charge in [0.1, 0.15) is 28.8 Å². The number of alkyl halides is 3. The first-order valence-electron chi connectivity index (χ1n) is 17.0. The number of nitrogens with two attached hydrogens (primary N) is 1. The fourth-order valence-corrected chi connectivity index (χ4v) is 9.68. The predicted molar refractivity (Wildman–Crippen MR) is 205 cm³/mol. The molecule has 10 nitrogen and oxygen atoms in total. The Morgan fingerprint density at radius 3 is 2.30 bits per heavy atom. The smallest absolute Gasteiger partial charge is 0.433 e. The average Bonchev–Trinajstić information content (AvgIpc) is 3.12. The van der Waals surface area contributed by atoms with Crippen LogP contribution in [-0.2, 0) is 19.3 Å². The van der Waals surface area contributed by atoms with E-state index in [0.717, 1.165) is 33.7 Å². The van der Waals surface area contributed by atoms with Crippen LogP contribution in [0.25, 0.3) is 5.57 Å². The molecule has 0 saturated heterocycles. The Labute approximate surface area is 311 Å². The zero-order valence-electron chi connectivity index (χ0n) is 30.7. The summed E-state index contributed by atoms with van der Waals surface area (Å²) < 4.78 is 46.8. The number of ether oxygens (including phenoxy) is 1. The van der Waals surface area contributed by atoms with E-state index in [-0.39, 0.29) is 30.5 Å². The van der Waals surface area contributed by atoms with Crippen LogP contribution in [-0.4, -0.2) is 73.5 Å². The van der Waals surface area contributed by atoms with Crippen LogP contribution >= 0.6 is 0 Å². The first-order valence-corrected chi connectivity index (χ1v) is 20.0. The SMILES string of the molecule is CN(C)c1ccc2c(c1)[Si](C)(C)C1=CC(=[N+](C)C)C=CC1=C2c1cc(C(=O)NCc2ccc(COc3cc(C(F)(F)F)nc(N)n3)cc2)ccc1C(=O)O. The third-order valence-electron chi connectivity index (χ3n) is 9.58. The summed E-state index contributed by atoms with van der Waals surface area (Å²) in [6.07, 6.45) is 1.61. The van der Waals surface area contributed by atoms with Gasteiger partial charge in [0.15, 0.2) is 11.4 Å². The van der Waals surface area contributed by atoms with Crippen molar-refractivity contribution in [2.24, 2.45) is 0 Å². The Balaban J connectivity index is 1.28. The molecule has 1 amide bonds. The lowest BCUT2D eigenvalue weighted by molar-refractivity contribution is -0.462. The highest BCUT2D eigenvalue weighted by atomic mass is 28.3. The Hall–Kier alpha value is -6.02. The molecule has 0 fully saturated rings. The minimum Gasteiger partial charge on any atom is -0.478 e. The van der Waals surface area contributed by atoms with Crippen molar-refractivity contribution >= 4 is 48.1 Å². The molecule has 14 heteroatoms. The number of allylic oxidation sites excluding steroid dienone is 5. The zero-order chi connectivity index (χ0) is 39.1. The molecule has 4 N–H and O–H groups in total. The number of benzene rings is 3. The number of nitrogens with zero attached hydrogens (tertiary/aromatic N) is 4. The highest BCUT2D eigenvalue weighted by Crippen LogP contribution is 2.43. The van der Waals surface area contributed by atoms with Gasteiger partial charge in [0.25, 0.3) is 5.91 Å². The topological polar surface area (TPSA) is 134 Å². The number of carboxylic acids is 1. The number of anilines is 2. The molecule has 2 aliphatic rings. The number of aromatic carboxylic acids is 1. The molecule has 0 saturated carbocycles. The van der Waals surface area contributed by atoms with E-state index in [1.807, 2.05) is 40.3 Å². The fraction of sp³-hybridized carbons (Fsp3) is 0.225. The van der Waals surface area contributed by atoms with E-state index in [1.165, 1.54) is 22.5 Å². The number of halogens is 3. The molecule has 1 aliphatic heterocycles. The molecule has 278 valence electrons. The van der Waals surface area contributed by atoms with E-state index in [9.17, 15) is 27.9 Å². The van der Waals surface area contributed by atoms with Crippen LogP contribution in [0.1, 0.15) is 48.7 Å². The van der Waals surface area contributed by atoms with E-state index in [1.54, 1.807) is 30.3 Å². The number of carboxylic acid groups (broad SMARTS) is 1. The molecule has 0 spiro atoms. The van der Waals surface area contributed by atoms with Gasteiger partial charge < -0.3 is 25.8 Å². The molecule has 54 heavy (non-hydrogen) atoms. The quantitative estimate of drug-likeness (QED) is 0.144. The summed E-state index contributed by atoms with van der Waals surface area (Å²) in [6.45, 7) is 4.71. The molecule has 0 bridgehead atoms. The highest BCUT2D eigenvalue weighted by Gasteiger charge is 2.41. The minimum atomic E-state index is -4.70. The van der Waals surface area contributed by atoms with Crippen molar-refractivity contribution in [3.8, 4) is 5.88 Å². The summed E-state index contributed by atoms with van der Waals surface area (Å²) in [5.41, 5.74) is 11.2. The van der Waals surface area contributed by atoms with Gasteiger partial charge in [-0.3, -0.25) is 4.79 Å². The molecular formula is C40H40F3N6O4Si+. The molecule has 2 heterocycles. The molecule has 6 rings (SSSR count). The van der Waals surface area contributed by atoms with Gasteiger partial charge in [0.05, 0.1) is 5.56 Å². The number of hydrogen-bond donors (Lipinski definition) is 3. The third-order valence-corrected chi connectivity index (χ3v) is 13.1. The zero-order valence-corrected chi connectivity index (χ0v) is 31.7. The van der Waals surface area contributed by atoms with Crippen molar-refractivity contribution in [3.05, 3.63) is 135 Å². The van der Waals surface area contributed by atoms with Gasteiger partial charge in [0.2, 0.25) is 11.8 Å². The number of fused-ring (bicyclic) bond motifs is 2. The second kappa shape index (κ2) is 14.4. The third kappa shape index (κ3) is 7.55. The summed E-state index contributed by atoms with van der Waals surface area (Å²) in [5, 5.41) is 15.7. The summed E-state index contributed by atoms with van der Waals surface area (Å²) in [7, 11) is 5.68. The number of amides is 1. The molecule has 0 unspecified atom stereocenters.